The van der Waals surface area contributed by atoms with Gasteiger partial charge in [-0.15, -0.1) is 0 Å². The minimum Gasteiger partial charge on any atom is -0.383 e. The van der Waals surface area contributed by atoms with Crippen molar-refractivity contribution >= 4 is 15.9 Å². The van der Waals surface area contributed by atoms with Gasteiger partial charge < -0.3 is 5.11 Å². The summed E-state index contributed by atoms with van der Waals surface area (Å²) in [6.07, 6.45) is -0.957. The lowest BCUT2D eigenvalue weighted by Crippen LogP contribution is -2.05. The first kappa shape index (κ1) is 13.2. The van der Waals surface area contributed by atoms with Gasteiger partial charge in [0, 0.05) is 10.0 Å². The molecule has 2 aromatic carbocycles. The van der Waals surface area contributed by atoms with E-state index >= 15 is 0 Å². The van der Waals surface area contributed by atoms with E-state index in [2.05, 4.69) is 15.9 Å². The predicted molar refractivity (Wildman–Crippen MR) is 74.1 cm³/mol. The number of aryl methyl sites for hydroxylation is 2. The number of aliphatic hydroxyl groups is 1. The van der Waals surface area contributed by atoms with Gasteiger partial charge in [-0.1, -0.05) is 45.8 Å². The number of hydrogen-bond acceptors (Lipinski definition) is 1. The third kappa shape index (κ3) is 2.47. The SMILES string of the molecule is Cc1ccc(C(O)c2c(F)cccc2Br)c(C)c1. The molecule has 1 nitrogen and oxygen atoms in total. The summed E-state index contributed by atoms with van der Waals surface area (Å²) >= 11 is 3.28. The molecule has 3 heteroatoms. The summed E-state index contributed by atoms with van der Waals surface area (Å²) in [6.45, 7) is 3.91. The molecular formula is C15H14BrFO. The molecule has 0 heterocycles. The lowest BCUT2D eigenvalue weighted by molar-refractivity contribution is 0.213. The molecule has 1 atom stereocenters. The summed E-state index contributed by atoms with van der Waals surface area (Å²) in [5.41, 5.74) is 3.09. The van der Waals surface area contributed by atoms with Gasteiger partial charge in [0.05, 0.1) is 0 Å². The molecule has 0 bridgehead atoms. The standard InChI is InChI=1S/C15H14BrFO/c1-9-6-7-11(10(2)8-9)15(18)14-12(16)4-3-5-13(14)17/h3-8,15,18H,1-2H3. The van der Waals surface area contributed by atoms with E-state index in [0.29, 0.717) is 4.47 Å². The molecule has 0 spiro atoms. The molecule has 0 radical (unpaired) electrons. The molecule has 0 aromatic heterocycles. The second-order valence-electron chi connectivity index (χ2n) is 4.40. The van der Waals surface area contributed by atoms with Crippen LogP contribution in [0.25, 0.3) is 0 Å². The number of benzene rings is 2. The maximum absolute atomic E-state index is 13.8. The first-order valence-electron chi connectivity index (χ1n) is 5.70. The van der Waals surface area contributed by atoms with Crippen LogP contribution in [0.4, 0.5) is 4.39 Å². The van der Waals surface area contributed by atoms with E-state index in [1.807, 2.05) is 32.0 Å². The highest BCUT2D eigenvalue weighted by Crippen LogP contribution is 2.32. The van der Waals surface area contributed by atoms with E-state index < -0.39 is 11.9 Å². The predicted octanol–water partition coefficient (Wildman–Crippen LogP) is 4.29. The van der Waals surface area contributed by atoms with E-state index in [-0.39, 0.29) is 5.56 Å². The minimum absolute atomic E-state index is 0.282. The summed E-state index contributed by atoms with van der Waals surface area (Å²) in [6, 6.07) is 10.4. The van der Waals surface area contributed by atoms with Gasteiger partial charge in [0.25, 0.3) is 0 Å². The van der Waals surface area contributed by atoms with Crippen LogP contribution < -0.4 is 0 Å². The van der Waals surface area contributed by atoms with Crippen LogP contribution in [0.15, 0.2) is 40.9 Å². The minimum atomic E-state index is -0.957. The van der Waals surface area contributed by atoms with Crippen molar-refractivity contribution in [2.45, 2.75) is 20.0 Å². The molecule has 0 aliphatic rings. The summed E-state index contributed by atoms with van der Waals surface area (Å²) in [5, 5.41) is 10.4. The average molecular weight is 309 g/mol. The van der Waals surface area contributed by atoms with Crippen LogP contribution in [0.3, 0.4) is 0 Å². The molecule has 0 saturated carbocycles. The highest BCUT2D eigenvalue weighted by Gasteiger charge is 2.19. The smallest absolute Gasteiger partial charge is 0.130 e. The maximum atomic E-state index is 13.8. The molecular weight excluding hydrogens is 295 g/mol. The van der Waals surface area contributed by atoms with Gasteiger partial charge in [0.1, 0.15) is 11.9 Å². The zero-order chi connectivity index (χ0) is 13.3. The quantitative estimate of drug-likeness (QED) is 0.877. The van der Waals surface area contributed by atoms with Crippen molar-refractivity contribution in [2.75, 3.05) is 0 Å². The van der Waals surface area contributed by atoms with E-state index in [1.165, 1.54) is 6.07 Å². The van der Waals surface area contributed by atoms with Gasteiger partial charge in [-0.2, -0.15) is 0 Å². The topological polar surface area (TPSA) is 20.2 Å². The van der Waals surface area contributed by atoms with Crippen molar-refractivity contribution < 1.29 is 9.50 Å². The number of rotatable bonds is 2. The molecule has 0 aliphatic carbocycles. The van der Waals surface area contributed by atoms with Gasteiger partial charge in [-0.05, 0) is 37.1 Å². The first-order valence-corrected chi connectivity index (χ1v) is 6.49. The Morgan fingerprint density at radius 3 is 2.50 bits per heavy atom. The molecule has 1 N–H and O–H groups in total. The van der Waals surface area contributed by atoms with Crippen molar-refractivity contribution in [1.82, 2.24) is 0 Å². The van der Waals surface area contributed by atoms with Crippen molar-refractivity contribution in [3.05, 3.63) is 68.9 Å². The summed E-state index contributed by atoms with van der Waals surface area (Å²) in [5.74, 6) is -0.406. The first-order chi connectivity index (χ1) is 8.50. The van der Waals surface area contributed by atoms with Crippen LogP contribution >= 0.6 is 15.9 Å². The zero-order valence-corrected chi connectivity index (χ0v) is 11.8. The lowest BCUT2D eigenvalue weighted by Gasteiger charge is -2.16. The molecule has 94 valence electrons. The molecule has 2 aromatic rings. The molecule has 0 saturated heterocycles. The van der Waals surface area contributed by atoms with Crippen LogP contribution in [-0.2, 0) is 0 Å². The Morgan fingerprint density at radius 2 is 1.89 bits per heavy atom. The Balaban J connectivity index is 2.51. The van der Waals surface area contributed by atoms with Gasteiger partial charge in [-0.3, -0.25) is 0 Å². The van der Waals surface area contributed by atoms with Crippen molar-refractivity contribution in [3.63, 3.8) is 0 Å². The molecule has 1 unspecified atom stereocenters. The third-order valence-electron chi connectivity index (χ3n) is 2.99. The van der Waals surface area contributed by atoms with Gasteiger partial charge in [-0.25, -0.2) is 4.39 Å². The van der Waals surface area contributed by atoms with Gasteiger partial charge >= 0.3 is 0 Å². The van der Waals surface area contributed by atoms with Gasteiger partial charge in [0.15, 0.2) is 0 Å². The summed E-state index contributed by atoms with van der Waals surface area (Å²) in [4.78, 5) is 0. The van der Waals surface area contributed by atoms with E-state index in [0.717, 1.165) is 16.7 Å². The fourth-order valence-electron chi connectivity index (χ4n) is 2.06. The summed E-state index contributed by atoms with van der Waals surface area (Å²) < 4.78 is 14.4. The van der Waals surface area contributed by atoms with Crippen LogP contribution in [0.1, 0.15) is 28.4 Å². The van der Waals surface area contributed by atoms with Crippen LogP contribution in [-0.4, -0.2) is 5.11 Å². The largest absolute Gasteiger partial charge is 0.383 e. The van der Waals surface area contributed by atoms with Crippen LogP contribution in [0, 0.1) is 19.7 Å². The molecule has 18 heavy (non-hydrogen) atoms. The number of halogens is 2. The molecule has 0 aliphatic heterocycles. The van der Waals surface area contributed by atoms with E-state index in [1.54, 1.807) is 12.1 Å². The Labute approximate surface area is 114 Å². The normalized spacial score (nSPS) is 12.5. The molecule has 0 amide bonds. The second-order valence-corrected chi connectivity index (χ2v) is 5.25. The highest BCUT2D eigenvalue weighted by atomic mass is 79.9. The fraction of sp³-hybridized carbons (Fsp3) is 0.200. The van der Waals surface area contributed by atoms with Gasteiger partial charge in [0.2, 0.25) is 0 Å². The van der Waals surface area contributed by atoms with Crippen molar-refractivity contribution in [3.8, 4) is 0 Å². The Bertz CT molecular complexity index is 560. The maximum Gasteiger partial charge on any atom is 0.130 e. The Kier molecular flexibility index (Phi) is 3.83. The lowest BCUT2D eigenvalue weighted by atomic mass is 9.96. The van der Waals surface area contributed by atoms with Crippen molar-refractivity contribution in [2.24, 2.45) is 0 Å². The monoisotopic (exact) mass is 308 g/mol. The second kappa shape index (κ2) is 5.21. The van der Waals surface area contributed by atoms with E-state index in [4.69, 9.17) is 0 Å². The van der Waals surface area contributed by atoms with E-state index in [9.17, 15) is 9.50 Å². The Morgan fingerprint density at radius 1 is 1.17 bits per heavy atom. The number of aliphatic hydroxyl groups excluding tert-OH is 1. The summed E-state index contributed by atoms with van der Waals surface area (Å²) in [7, 11) is 0. The Hall–Kier alpha value is -1.19. The molecule has 0 fully saturated rings. The molecule has 2 rings (SSSR count). The van der Waals surface area contributed by atoms with Crippen LogP contribution in [0.2, 0.25) is 0 Å². The van der Waals surface area contributed by atoms with Crippen LogP contribution in [0.5, 0.6) is 0 Å². The van der Waals surface area contributed by atoms with Crippen molar-refractivity contribution in [1.29, 1.82) is 0 Å². The fourth-order valence-corrected chi connectivity index (χ4v) is 2.62. The number of hydrogen-bond donors (Lipinski definition) is 1. The average Bonchev–Trinajstić information content (AvgIpc) is 2.28. The highest BCUT2D eigenvalue weighted by molar-refractivity contribution is 9.10. The zero-order valence-electron chi connectivity index (χ0n) is 10.2. The third-order valence-corrected chi connectivity index (χ3v) is 3.68.